The number of nitrogens with two attached hydrogens (primary N) is 1. The van der Waals surface area contributed by atoms with E-state index in [0.717, 1.165) is 11.3 Å². The van der Waals surface area contributed by atoms with Crippen LogP contribution in [0.3, 0.4) is 0 Å². The van der Waals surface area contributed by atoms with Gasteiger partial charge in [-0.15, -0.1) is 0 Å². The first-order chi connectivity index (χ1) is 7.56. The molecule has 0 fully saturated rings. The highest BCUT2D eigenvalue weighted by Crippen LogP contribution is 2.20. The molecule has 3 heteroatoms. The van der Waals surface area contributed by atoms with Crippen molar-refractivity contribution in [2.45, 2.75) is 19.9 Å². The second-order valence-corrected chi connectivity index (χ2v) is 4.36. The summed E-state index contributed by atoms with van der Waals surface area (Å²) in [7, 11) is 1.95. The second kappa shape index (κ2) is 4.10. The van der Waals surface area contributed by atoms with Gasteiger partial charge in [-0.2, -0.15) is 0 Å². The van der Waals surface area contributed by atoms with Gasteiger partial charge in [0, 0.05) is 13.2 Å². The highest BCUT2D eigenvalue weighted by atomic mass is 15.0. The molecule has 0 aliphatic rings. The number of rotatable bonds is 2. The van der Waals surface area contributed by atoms with Crippen LogP contribution < -0.4 is 5.73 Å². The van der Waals surface area contributed by atoms with Crippen LogP contribution in [0.4, 0.5) is 0 Å². The Labute approximate surface area is 95.9 Å². The fraction of sp³-hybridized carbons (Fsp3) is 0.308. The number of aromatic nitrogens is 2. The number of benzene rings is 1. The van der Waals surface area contributed by atoms with E-state index in [1.54, 1.807) is 6.33 Å². The molecule has 2 rings (SSSR count). The smallest absolute Gasteiger partial charge is 0.0947 e. The summed E-state index contributed by atoms with van der Waals surface area (Å²) < 4.78 is 1.91. The van der Waals surface area contributed by atoms with Crippen LogP contribution in [0, 0.1) is 13.8 Å². The lowest BCUT2D eigenvalue weighted by molar-refractivity contribution is 0.832. The van der Waals surface area contributed by atoms with E-state index < -0.39 is 0 Å². The minimum atomic E-state index is -0.139. The molecule has 1 aromatic carbocycles. The van der Waals surface area contributed by atoms with Gasteiger partial charge in [0.25, 0.3) is 0 Å². The molecule has 0 aliphatic heterocycles. The molecule has 0 aliphatic carbocycles. The van der Waals surface area contributed by atoms with Crippen molar-refractivity contribution in [2.75, 3.05) is 0 Å². The van der Waals surface area contributed by atoms with Crippen molar-refractivity contribution >= 4 is 0 Å². The average molecular weight is 215 g/mol. The molecule has 1 unspecified atom stereocenters. The molecule has 0 saturated carbocycles. The molecule has 0 bridgehead atoms. The number of nitrogens with zero attached hydrogens (tertiary/aromatic N) is 2. The molecule has 1 heterocycles. The normalized spacial score (nSPS) is 12.8. The predicted molar refractivity (Wildman–Crippen MR) is 65.2 cm³/mol. The van der Waals surface area contributed by atoms with Gasteiger partial charge in [0.1, 0.15) is 0 Å². The van der Waals surface area contributed by atoms with Crippen molar-refractivity contribution in [1.82, 2.24) is 9.55 Å². The molecular weight excluding hydrogens is 198 g/mol. The van der Waals surface area contributed by atoms with Gasteiger partial charge < -0.3 is 10.3 Å². The lowest BCUT2D eigenvalue weighted by Crippen LogP contribution is -2.12. The van der Waals surface area contributed by atoms with Crippen LogP contribution in [0.25, 0.3) is 0 Å². The molecule has 3 nitrogen and oxygen atoms in total. The molecule has 1 atom stereocenters. The fourth-order valence-corrected chi connectivity index (χ4v) is 1.95. The molecule has 0 amide bonds. The van der Waals surface area contributed by atoms with Crippen molar-refractivity contribution in [3.63, 3.8) is 0 Å². The third-order valence-electron chi connectivity index (χ3n) is 2.65. The van der Waals surface area contributed by atoms with Gasteiger partial charge in [-0.3, -0.25) is 0 Å². The molecule has 0 radical (unpaired) electrons. The van der Waals surface area contributed by atoms with Crippen LogP contribution >= 0.6 is 0 Å². The Kier molecular flexibility index (Phi) is 2.79. The Balaban J connectivity index is 2.37. The van der Waals surface area contributed by atoms with Crippen molar-refractivity contribution in [3.8, 4) is 0 Å². The van der Waals surface area contributed by atoms with E-state index in [2.05, 4.69) is 37.0 Å². The monoisotopic (exact) mass is 215 g/mol. The number of imidazole rings is 1. The van der Waals surface area contributed by atoms with Gasteiger partial charge >= 0.3 is 0 Å². The number of hydrogen-bond donors (Lipinski definition) is 1. The van der Waals surface area contributed by atoms with Gasteiger partial charge in [-0.25, -0.2) is 4.98 Å². The van der Waals surface area contributed by atoms with Gasteiger partial charge in [0.2, 0.25) is 0 Å². The maximum absolute atomic E-state index is 6.19. The summed E-state index contributed by atoms with van der Waals surface area (Å²) in [5, 5.41) is 0. The Morgan fingerprint density at radius 1 is 1.19 bits per heavy atom. The Morgan fingerprint density at radius 2 is 1.81 bits per heavy atom. The summed E-state index contributed by atoms with van der Waals surface area (Å²) in [6.45, 7) is 4.17. The lowest BCUT2D eigenvalue weighted by atomic mass is 10.0. The van der Waals surface area contributed by atoms with Crippen LogP contribution in [0.15, 0.2) is 30.7 Å². The first-order valence-corrected chi connectivity index (χ1v) is 5.38. The highest BCUT2D eigenvalue weighted by Gasteiger charge is 2.11. The third-order valence-corrected chi connectivity index (χ3v) is 2.65. The van der Waals surface area contributed by atoms with E-state index >= 15 is 0 Å². The summed E-state index contributed by atoms with van der Waals surface area (Å²) in [6, 6.07) is 6.24. The van der Waals surface area contributed by atoms with Crippen LogP contribution in [-0.2, 0) is 7.05 Å². The summed E-state index contributed by atoms with van der Waals surface area (Å²) in [5.41, 5.74) is 10.7. The van der Waals surface area contributed by atoms with Gasteiger partial charge in [0.15, 0.2) is 0 Å². The first-order valence-electron chi connectivity index (χ1n) is 5.38. The Bertz CT molecular complexity index is 479. The highest BCUT2D eigenvalue weighted by molar-refractivity contribution is 5.34. The lowest BCUT2D eigenvalue weighted by Gasteiger charge is -2.11. The predicted octanol–water partition coefficient (Wildman–Crippen LogP) is 2.09. The maximum atomic E-state index is 6.19. The largest absolute Gasteiger partial charge is 0.340 e. The summed E-state index contributed by atoms with van der Waals surface area (Å²) in [4.78, 5) is 4.29. The first kappa shape index (κ1) is 10.9. The molecule has 16 heavy (non-hydrogen) atoms. The van der Waals surface area contributed by atoms with Crippen LogP contribution in [0.5, 0.6) is 0 Å². The van der Waals surface area contributed by atoms with Crippen molar-refractivity contribution < 1.29 is 0 Å². The van der Waals surface area contributed by atoms with Gasteiger partial charge in [0.05, 0.1) is 18.1 Å². The molecular formula is C13H17N3. The van der Waals surface area contributed by atoms with Crippen LogP contribution in [0.2, 0.25) is 0 Å². The summed E-state index contributed by atoms with van der Waals surface area (Å²) in [5.74, 6) is 0. The van der Waals surface area contributed by atoms with E-state index in [1.807, 2.05) is 17.8 Å². The zero-order valence-corrected chi connectivity index (χ0v) is 9.94. The third kappa shape index (κ3) is 2.14. The fourth-order valence-electron chi connectivity index (χ4n) is 1.95. The SMILES string of the molecule is Cc1cc(C)cc(C(N)c2cn(C)cn2)c1. The molecule has 1 aromatic heterocycles. The zero-order chi connectivity index (χ0) is 11.7. The maximum Gasteiger partial charge on any atom is 0.0947 e. The molecule has 0 saturated heterocycles. The quantitative estimate of drug-likeness (QED) is 0.833. The van der Waals surface area contributed by atoms with Crippen molar-refractivity contribution in [3.05, 3.63) is 53.1 Å². The molecule has 0 spiro atoms. The standard InChI is InChI=1S/C13H17N3/c1-9-4-10(2)6-11(5-9)13(14)12-7-16(3)8-15-12/h4-8,13H,14H2,1-3H3. The van der Waals surface area contributed by atoms with Crippen LogP contribution in [0.1, 0.15) is 28.4 Å². The Hall–Kier alpha value is -1.61. The van der Waals surface area contributed by atoms with E-state index in [-0.39, 0.29) is 6.04 Å². The van der Waals surface area contributed by atoms with Gasteiger partial charge in [-0.05, 0) is 19.4 Å². The van der Waals surface area contributed by atoms with Gasteiger partial charge in [-0.1, -0.05) is 29.3 Å². The number of aryl methyl sites for hydroxylation is 3. The van der Waals surface area contributed by atoms with E-state index in [4.69, 9.17) is 5.73 Å². The molecule has 2 N–H and O–H groups in total. The van der Waals surface area contributed by atoms with Crippen molar-refractivity contribution in [2.24, 2.45) is 12.8 Å². The van der Waals surface area contributed by atoms with E-state index in [0.29, 0.717) is 0 Å². The zero-order valence-electron chi connectivity index (χ0n) is 9.94. The van der Waals surface area contributed by atoms with E-state index in [1.165, 1.54) is 11.1 Å². The minimum absolute atomic E-state index is 0.139. The summed E-state index contributed by atoms with van der Waals surface area (Å²) >= 11 is 0. The van der Waals surface area contributed by atoms with E-state index in [9.17, 15) is 0 Å². The molecule has 84 valence electrons. The second-order valence-electron chi connectivity index (χ2n) is 4.36. The summed E-state index contributed by atoms with van der Waals surface area (Å²) in [6.07, 6.45) is 3.74. The minimum Gasteiger partial charge on any atom is -0.340 e. The van der Waals surface area contributed by atoms with Crippen LogP contribution in [-0.4, -0.2) is 9.55 Å². The topological polar surface area (TPSA) is 43.8 Å². The molecule has 2 aromatic rings. The van der Waals surface area contributed by atoms with Crippen molar-refractivity contribution in [1.29, 1.82) is 0 Å². The Morgan fingerprint density at radius 3 is 2.31 bits per heavy atom. The number of hydrogen-bond acceptors (Lipinski definition) is 2. The average Bonchev–Trinajstić information content (AvgIpc) is 2.62.